The van der Waals surface area contributed by atoms with E-state index in [2.05, 4.69) is 48.2 Å². The van der Waals surface area contributed by atoms with Crippen LogP contribution in [0.15, 0.2) is 0 Å². The molecule has 0 bridgehead atoms. The topological polar surface area (TPSA) is 21.8 Å². The maximum Gasteiger partial charge on any atom is 0.0255 e. The van der Waals surface area contributed by atoms with Gasteiger partial charge in [-0.2, -0.15) is 0 Å². The summed E-state index contributed by atoms with van der Waals surface area (Å²) in [5, 5.41) is 3.54. The van der Waals surface area contributed by atoms with E-state index in [0.29, 0.717) is 6.04 Å². The standard InChI is InChI=1S/C15H32N4/c1-17(2)15-11-16-8-5-13(15)12-19(4)14-6-9-18(3)10-7-14/h13-16H,5-12H2,1-4H3. The number of rotatable bonds is 4. The van der Waals surface area contributed by atoms with E-state index in [-0.39, 0.29) is 0 Å². The van der Waals surface area contributed by atoms with Crippen LogP contribution in [0.1, 0.15) is 19.3 Å². The average molecular weight is 268 g/mol. The Morgan fingerprint density at radius 3 is 2.42 bits per heavy atom. The summed E-state index contributed by atoms with van der Waals surface area (Å²) < 4.78 is 0. The van der Waals surface area contributed by atoms with Gasteiger partial charge in [0.05, 0.1) is 0 Å². The predicted molar refractivity (Wildman–Crippen MR) is 81.6 cm³/mol. The van der Waals surface area contributed by atoms with Crippen molar-refractivity contribution < 1.29 is 0 Å². The monoisotopic (exact) mass is 268 g/mol. The van der Waals surface area contributed by atoms with Gasteiger partial charge in [-0.05, 0) is 73.0 Å². The second-order valence-corrected chi connectivity index (χ2v) is 6.76. The maximum absolute atomic E-state index is 3.54. The molecule has 19 heavy (non-hydrogen) atoms. The van der Waals surface area contributed by atoms with Crippen molar-refractivity contribution in [1.29, 1.82) is 0 Å². The Morgan fingerprint density at radius 2 is 1.79 bits per heavy atom. The molecule has 2 unspecified atom stereocenters. The van der Waals surface area contributed by atoms with Crippen molar-refractivity contribution in [3.05, 3.63) is 0 Å². The zero-order chi connectivity index (χ0) is 13.8. The number of nitrogens with one attached hydrogen (secondary N) is 1. The first-order chi connectivity index (χ1) is 9.08. The van der Waals surface area contributed by atoms with Gasteiger partial charge in [0.2, 0.25) is 0 Å². The van der Waals surface area contributed by atoms with Gasteiger partial charge in [-0.3, -0.25) is 0 Å². The van der Waals surface area contributed by atoms with Crippen LogP contribution in [0.25, 0.3) is 0 Å². The summed E-state index contributed by atoms with van der Waals surface area (Å²) in [5.41, 5.74) is 0. The molecule has 2 rings (SSSR count). The first-order valence-electron chi connectivity index (χ1n) is 7.84. The molecule has 2 fully saturated rings. The lowest BCUT2D eigenvalue weighted by Gasteiger charge is -2.41. The molecule has 4 heteroatoms. The van der Waals surface area contributed by atoms with Gasteiger partial charge in [-0.15, -0.1) is 0 Å². The Bertz CT molecular complexity index is 261. The molecular formula is C15H32N4. The van der Waals surface area contributed by atoms with Crippen molar-refractivity contribution in [1.82, 2.24) is 20.0 Å². The summed E-state index contributed by atoms with van der Waals surface area (Å²) in [6, 6.07) is 1.50. The predicted octanol–water partition coefficient (Wildman–Crippen LogP) is 0.552. The highest BCUT2D eigenvalue weighted by Gasteiger charge is 2.29. The molecule has 0 aliphatic carbocycles. The lowest BCUT2D eigenvalue weighted by molar-refractivity contribution is 0.0878. The fourth-order valence-corrected chi connectivity index (χ4v) is 3.67. The molecule has 0 spiro atoms. The van der Waals surface area contributed by atoms with Crippen LogP contribution in [0.2, 0.25) is 0 Å². The van der Waals surface area contributed by atoms with Crippen molar-refractivity contribution in [2.45, 2.75) is 31.3 Å². The van der Waals surface area contributed by atoms with Gasteiger partial charge in [0.1, 0.15) is 0 Å². The van der Waals surface area contributed by atoms with Crippen molar-refractivity contribution in [2.75, 3.05) is 60.9 Å². The second kappa shape index (κ2) is 7.02. The molecule has 2 atom stereocenters. The maximum atomic E-state index is 3.54. The minimum Gasteiger partial charge on any atom is -0.315 e. The van der Waals surface area contributed by atoms with E-state index in [1.807, 2.05) is 0 Å². The van der Waals surface area contributed by atoms with E-state index in [0.717, 1.165) is 18.5 Å². The van der Waals surface area contributed by atoms with Crippen LogP contribution in [0.3, 0.4) is 0 Å². The van der Waals surface area contributed by atoms with Gasteiger partial charge in [0.25, 0.3) is 0 Å². The molecule has 2 saturated heterocycles. The van der Waals surface area contributed by atoms with Gasteiger partial charge in [0, 0.05) is 25.2 Å². The molecule has 0 aromatic carbocycles. The van der Waals surface area contributed by atoms with E-state index in [1.54, 1.807) is 0 Å². The Hall–Kier alpha value is -0.160. The van der Waals surface area contributed by atoms with Crippen molar-refractivity contribution in [2.24, 2.45) is 5.92 Å². The summed E-state index contributed by atoms with van der Waals surface area (Å²) in [7, 11) is 9.02. The third kappa shape index (κ3) is 4.15. The first kappa shape index (κ1) is 15.2. The summed E-state index contributed by atoms with van der Waals surface area (Å²) in [5.74, 6) is 0.820. The van der Waals surface area contributed by atoms with Crippen molar-refractivity contribution >= 4 is 0 Å². The van der Waals surface area contributed by atoms with E-state index in [1.165, 1.54) is 45.4 Å². The van der Waals surface area contributed by atoms with Gasteiger partial charge in [0.15, 0.2) is 0 Å². The average Bonchev–Trinajstić information content (AvgIpc) is 2.39. The van der Waals surface area contributed by atoms with Crippen LogP contribution in [0.4, 0.5) is 0 Å². The van der Waals surface area contributed by atoms with Crippen LogP contribution < -0.4 is 5.32 Å². The van der Waals surface area contributed by atoms with Gasteiger partial charge in [-0.1, -0.05) is 0 Å². The highest BCUT2D eigenvalue weighted by molar-refractivity contribution is 4.87. The zero-order valence-electron chi connectivity index (χ0n) is 13.2. The summed E-state index contributed by atoms with van der Waals surface area (Å²) in [6.07, 6.45) is 4.00. The SMILES string of the molecule is CN1CCC(N(C)CC2CCNCC2N(C)C)CC1. The lowest BCUT2D eigenvalue weighted by Crippen LogP contribution is -2.53. The molecule has 2 aliphatic rings. The highest BCUT2D eigenvalue weighted by atomic mass is 15.2. The fourth-order valence-electron chi connectivity index (χ4n) is 3.67. The molecule has 0 aromatic rings. The van der Waals surface area contributed by atoms with E-state index in [4.69, 9.17) is 0 Å². The number of likely N-dealkylation sites (tertiary alicyclic amines) is 1. The summed E-state index contributed by atoms with van der Waals surface area (Å²) in [6.45, 7) is 6.13. The highest BCUT2D eigenvalue weighted by Crippen LogP contribution is 2.21. The number of likely N-dealkylation sites (N-methyl/N-ethyl adjacent to an activating group) is 1. The summed E-state index contributed by atoms with van der Waals surface area (Å²) in [4.78, 5) is 7.50. The van der Waals surface area contributed by atoms with E-state index < -0.39 is 0 Å². The Morgan fingerprint density at radius 1 is 1.11 bits per heavy atom. The summed E-state index contributed by atoms with van der Waals surface area (Å²) >= 11 is 0. The third-order valence-corrected chi connectivity index (χ3v) is 5.09. The Balaban J connectivity index is 1.84. The number of nitrogens with zero attached hydrogens (tertiary/aromatic N) is 3. The van der Waals surface area contributed by atoms with Gasteiger partial charge < -0.3 is 20.0 Å². The van der Waals surface area contributed by atoms with Gasteiger partial charge in [-0.25, -0.2) is 0 Å². The zero-order valence-corrected chi connectivity index (χ0v) is 13.2. The third-order valence-electron chi connectivity index (χ3n) is 5.09. The molecule has 0 radical (unpaired) electrons. The van der Waals surface area contributed by atoms with Crippen LogP contribution >= 0.6 is 0 Å². The normalized spacial score (nSPS) is 31.3. The minimum atomic E-state index is 0.697. The lowest BCUT2D eigenvalue weighted by atomic mass is 9.90. The molecule has 2 aliphatic heterocycles. The first-order valence-corrected chi connectivity index (χ1v) is 7.84. The van der Waals surface area contributed by atoms with E-state index in [9.17, 15) is 0 Å². The molecule has 1 N–H and O–H groups in total. The Kier molecular flexibility index (Phi) is 5.63. The van der Waals surface area contributed by atoms with Crippen LogP contribution in [0, 0.1) is 5.92 Å². The number of hydrogen-bond acceptors (Lipinski definition) is 4. The molecule has 112 valence electrons. The van der Waals surface area contributed by atoms with Crippen LogP contribution in [0.5, 0.6) is 0 Å². The number of hydrogen-bond donors (Lipinski definition) is 1. The quantitative estimate of drug-likeness (QED) is 0.804. The van der Waals surface area contributed by atoms with Crippen LogP contribution in [-0.4, -0.2) is 87.7 Å². The molecular weight excluding hydrogens is 236 g/mol. The molecule has 0 amide bonds. The molecule has 0 saturated carbocycles. The largest absolute Gasteiger partial charge is 0.315 e. The van der Waals surface area contributed by atoms with E-state index >= 15 is 0 Å². The minimum absolute atomic E-state index is 0.697. The van der Waals surface area contributed by atoms with Crippen LogP contribution in [-0.2, 0) is 0 Å². The smallest absolute Gasteiger partial charge is 0.0255 e. The fraction of sp³-hybridized carbons (Fsp3) is 1.00. The second-order valence-electron chi connectivity index (χ2n) is 6.76. The Labute approximate surface area is 119 Å². The molecule has 2 heterocycles. The molecule has 4 nitrogen and oxygen atoms in total. The number of piperidine rings is 2. The molecule has 0 aromatic heterocycles. The van der Waals surface area contributed by atoms with Crippen molar-refractivity contribution in [3.63, 3.8) is 0 Å². The van der Waals surface area contributed by atoms with Crippen molar-refractivity contribution in [3.8, 4) is 0 Å². The van der Waals surface area contributed by atoms with Gasteiger partial charge >= 0.3 is 0 Å².